The molecular weight excluding hydrogens is 315 g/mol. The quantitative estimate of drug-likeness (QED) is 0.880. The van der Waals surface area contributed by atoms with E-state index in [9.17, 15) is 9.59 Å². The molecule has 1 atom stereocenters. The smallest absolute Gasteiger partial charge is 0.253 e. The first-order valence-electron chi connectivity index (χ1n) is 6.63. The van der Waals surface area contributed by atoms with E-state index in [-0.39, 0.29) is 35.6 Å². The number of carbonyl (C=O) groups excluding carboxylic acids is 2. The molecule has 0 bridgehead atoms. The largest absolute Gasteiger partial charge is 0.396 e. The van der Waals surface area contributed by atoms with Gasteiger partial charge in [0.15, 0.2) is 0 Å². The van der Waals surface area contributed by atoms with Crippen LogP contribution in [0.25, 0.3) is 0 Å². The van der Waals surface area contributed by atoms with Crippen molar-refractivity contribution >= 4 is 35.0 Å². The lowest BCUT2D eigenvalue weighted by Gasteiger charge is -2.16. The molecule has 114 valence electrons. The van der Waals surface area contributed by atoms with E-state index in [0.717, 1.165) is 6.42 Å². The first-order chi connectivity index (χ1) is 10.0. The Morgan fingerprint density at radius 1 is 1.38 bits per heavy atom. The maximum Gasteiger partial charge on any atom is 0.253 e. The van der Waals surface area contributed by atoms with Gasteiger partial charge in [-0.15, -0.1) is 0 Å². The van der Waals surface area contributed by atoms with Crippen molar-refractivity contribution in [2.75, 3.05) is 26.2 Å². The summed E-state index contributed by atoms with van der Waals surface area (Å²) in [5.74, 6) is -0.442. The van der Waals surface area contributed by atoms with E-state index in [0.29, 0.717) is 18.1 Å². The van der Waals surface area contributed by atoms with E-state index in [1.165, 1.54) is 12.1 Å². The summed E-state index contributed by atoms with van der Waals surface area (Å²) < 4.78 is 0. The van der Waals surface area contributed by atoms with Gasteiger partial charge in [-0.3, -0.25) is 9.59 Å². The summed E-state index contributed by atoms with van der Waals surface area (Å²) in [6.07, 6.45) is 0.791. The molecule has 1 aliphatic heterocycles. The molecule has 1 fully saturated rings. The number of nitrogens with zero attached hydrogens (tertiary/aromatic N) is 1. The Kier molecular flexibility index (Phi) is 5.45. The fraction of sp³-hybridized carbons (Fsp3) is 0.429. The normalized spacial score (nSPS) is 17.9. The van der Waals surface area contributed by atoms with Gasteiger partial charge in [0, 0.05) is 30.6 Å². The summed E-state index contributed by atoms with van der Waals surface area (Å²) in [5, 5.41) is 12.3. The van der Waals surface area contributed by atoms with Gasteiger partial charge < -0.3 is 15.3 Å². The highest BCUT2D eigenvalue weighted by Crippen LogP contribution is 2.21. The van der Waals surface area contributed by atoms with Crippen LogP contribution in [-0.2, 0) is 4.79 Å². The van der Waals surface area contributed by atoms with Crippen molar-refractivity contribution in [3.05, 3.63) is 33.8 Å². The molecular formula is C14H16Cl2N2O3. The third-order valence-electron chi connectivity index (χ3n) is 3.47. The molecule has 0 aliphatic carbocycles. The van der Waals surface area contributed by atoms with Crippen LogP contribution in [0, 0.1) is 5.92 Å². The van der Waals surface area contributed by atoms with Crippen molar-refractivity contribution < 1.29 is 14.7 Å². The minimum Gasteiger partial charge on any atom is -0.396 e. The molecule has 2 rings (SSSR count). The van der Waals surface area contributed by atoms with Crippen LogP contribution in [0.3, 0.4) is 0 Å². The monoisotopic (exact) mass is 330 g/mol. The number of aliphatic hydroxyl groups excluding tert-OH is 1. The number of likely N-dealkylation sites (tertiary alicyclic amines) is 1. The Morgan fingerprint density at radius 3 is 2.76 bits per heavy atom. The van der Waals surface area contributed by atoms with Crippen LogP contribution in [0.1, 0.15) is 16.8 Å². The number of carbonyl (C=O) groups is 2. The van der Waals surface area contributed by atoms with Gasteiger partial charge >= 0.3 is 0 Å². The summed E-state index contributed by atoms with van der Waals surface area (Å²) >= 11 is 11.7. The molecule has 1 saturated heterocycles. The average molecular weight is 331 g/mol. The molecule has 2 N–H and O–H groups in total. The highest BCUT2D eigenvalue weighted by molar-refractivity contribution is 6.36. The maximum absolute atomic E-state index is 12.0. The molecule has 5 nitrogen and oxygen atoms in total. The number of hydrogen-bond acceptors (Lipinski definition) is 3. The second-order valence-corrected chi connectivity index (χ2v) is 5.83. The third kappa shape index (κ3) is 4.09. The number of halogens is 2. The van der Waals surface area contributed by atoms with E-state index in [1.54, 1.807) is 11.0 Å². The second-order valence-electron chi connectivity index (χ2n) is 4.98. The molecule has 0 saturated carbocycles. The Balaban J connectivity index is 1.88. The van der Waals surface area contributed by atoms with E-state index in [4.69, 9.17) is 28.3 Å². The van der Waals surface area contributed by atoms with E-state index >= 15 is 0 Å². The fourth-order valence-corrected chi connectivity index (χ4v) is 2.74. The van der Waals surface area contributed by atoms with E-state index in [2.05, 4.69) is 5.32 Å². The van der Waals surface area contributed by atoms with Gasteiger partial charge in [-0.1, -0.05) is 23.2 Å². The Labute approximate surface area is 132 Å². The number of benzene rings is 1. The van der Waals surface area contributed by atoms with Gasteiger partial charge in [-0.25, -0.2) is 0 Å². The molecule has 7 heteroatoms. The van der Waals surface area contributed by atoms with E-state index < -0.39 is 5.91 Å². The standard InChI is InChI=1S/C14H16Cl2N2O3/c15-10-1-2-11(12(16)5-10)14(21)17-6-13(20)18-4-3-9(7-18)8-19/h1-2,5,9,19H,3-4,6-8H2,(H,17,21). The van der Waals surface area contributed by atoms with Crippen LogP contribution >= 0.6 is 23.2 Å². The molecule has 1 aromatic rings. The topological polar surface area (TPSA) is 69.6 Å². The lowest BCUT2D eigenvalue weighted by atomic mass is 10.1. The van der Waals surface area contributed by atoms with Crippen molar-refractivity contribution in [3.8, 4) is 0 Å². The van der Waals surface area contributed by atoms with Gasteiger partial charge in [-0.2, -0.15) is 0 Å². The Morgan fingerprint density at radius 2 is 2.14 bits per heavy atom. The Bertz CT molecular complexity index is 551. The molecule has 2 amide bonds. The molecule has 1 unspecified atom stereocenters. The molecule has 21 heavy (non-hydrogen) atoms. The van der Waals surface area contributed by atoms with Crippen LogP contribution in [0.4, 0.5) is 0 Å². The summed E-state index contributed by atoms with van der Waals surface area (Å²) in [5.41, 5.74) is 0.281. The summed E-state index contributed by atoms with van der Waals surface area (Å²) in [4.78, 5) is 25.6. The van der Waals surface area contributed by atoms with Crippen molar-refractivity contribution in [1.29, 1.82) is 0 Å². The van der Waals surface area contributed by atoms with Gasteiger partial charge in [0.2, 0.25) is 5.91 Å². The SMILES string of the molecule is O=C(NCC(=O)N1CCC(CO)C1)c1ccc(Cl)cc1Cl. The van der Waals surface area contributed by atoms with Crippen molar-refractivity contribution in [1.82, 2.24) is 10.2 Å². The highest BCUT2D eigenvalue weighted by Gasteiger charge is 2.25. The zero-order valence-electron chi connectivity index (χ0n) is 11.3. The lowest BCUT2D eigenvalue weighted by Crippen LogP contribution is -2.39. The third-order valence-corrected chi connectivity index (χ3v) is 4.02. The fourth-order valence-electron chi connectivity index (χ4n) is 2.24. The summed E-state index contributed by atoms with van der Waals surface area (Å²) in [6, 6.07) is 4.56. The van der Waals surface area contributed by atoms with Crippen LogP contribution in [0.2, 0.25) is 10.0 Å². The van der Waals surface area contributed by atoms with Crippen LogP contribution < -0.4 is 5.32 Å². The number of rotatable bonds is 4. The van der Waals surface area contributed by atoms with Gasteiger partial charge in [0.05, 0.1) is 17.1 Å². The predicted molar refractivity (Wildman–Crippen MR) is 80.6 cm³/mol. The lowest BCUT2D eigenvalue weighted by molar-refractivity contribution is -0.129. The maximum atomic E-state index is 12.0. The molecule has 0 aromatic heterocycles. The first kappa shape index (κ1) is 16.1. The molecule has 0 spiro atoms. The minimum atomic E-state index is -0.414. The highest BCUT2D eigenvalue weighted by atomic mass is 35.5. The molecule has 1 aliphatic rings. The van der Waals surface area contributed by atoms with Gasteiger partial charge in [0.25, 0.3) is 5.91 Å². The van der Waals surface area contributed by atoms with Crippen molar-refractivity contribution in [3.63, 3.8) is 0 Å². The molecule has 1 aromatic carbocycles. The number of amides is 2. The zero-order valence-corrected chi connectivity index (χ0v) is 12.8. The number of aliphatic hydroxyl groups is 1. The predicted octanol–water partition coefficient (Wildman–Crippen LogP) is 1.56. The van der Waals surface area contributed by atoms with Crippen LogP contribution in [0.15, 0.2) is 18.2 Å². The number of nitrogens with one attached hydrogen (secondary N) is 1. The summed E-state index contributed by atoms with van der Waals surface area (Å²) in [6.45, 7) is 1.14. The summed E-state index contributed by atoms with van der Waals surface area (Å²) in [7, 11) is 0. The number of hydrogen-bond donors (Lipinski definition) is 2. The zero-order chi connectivity index (χ0) is 15.4. The van der Waals surface area contributed by atoms with Crippen LogP contribution in [0.5, 0.6) is 0 Å². The Hall–Kier alpha value is -1.30. The van der Waals surface area contributed by atoms with Crippen molar-refractivity contribution in [2.45, 2.75) is 6.42 Å². The molecule has 0 radical (unpaired) electrons. The van der Waals surface area contributed by atoms with Gasteiger partial charge in [0.1, 0.15) is 0 Å². The van der Waals surface area contributed by atoms with Crippen molar-refractivity contribution in [2.24, 2.45) is 5.92 Å². The minimum absolute atomic E-state index is 0.0799. The average Bonchev–Trinajstić information content (AvgIpc) is 2.93. The van der Waals surface area contributed by atoms with Gasteiger partial charge in [-0.05, 0) is 24.6 Å². The van der Waals surface area contributed by atoms with E-state index in [1.807, 2.05) is 0 Å². The molecule has 1 heterocycles. The first-order valence-corrected chi connectivity index (χ1v) is 7.38. The van der Waals surface area contributed by atoms with Crippen LogP contribution in [-0.4, -0.2) is 48.1 Å². The second kappa shape index (κ2) is 7.11.